The smallest absolute Gasteiger partial charge is 0.256 e. The maximum atomic E-state index is 12.9. The van der Waals surface area contributed by atoms with Crippen molar-refractivity contribution in [3.05, 3.63) is 51.9 Å². The molecule has 1 aliphatic carbocycles. The number of carbonyl (C=O) groups excluding carboxylic acids is 2. The summed E-state index contributed by atoms with van der Waals surface area (Å²) >= 11 is 1.57. The molecule has 0 saturated carbocycles. The highest BCUT2D eigenvalue weighted by Gasteiger charge is 2.34. The Morgan fingerprint density at radius 1 is 1.15 bits per heavy atom. The zero-order valence-corrected chi connectivity index (χ0v) is 17.6. The van der Waals surface area contributed by atoms with Crippen molar-refractivity contribution in [1.29, 1.82) is 0 Å². The first-order chi connectivity index (χ1) is 12.7. The summed E-state index contributed by atoms with van der Waals surface area (Å²) in [4.78, 5) is 28.4. The van der Waals surface area contributed by atoms with Crippen LogP contribution in [0.15, 0.2) is 30.3 Å². The largest absolute Gasteiger partial charge is 0.345 e. The van der Waals surface area contributed by atoms with Gasteiger partial charge in [-0.3, -0.25) is 9.59 Å². The van der Waals surface area contributed by atoms with Crippen molar-refractivity contribution in [1.82, 2.24) is 4.90 Å². The highest BCUT2D eigenvalue weighted by Crippen LogP contribution is 2.44. The number of anilines is 1. The summed E-state index contributed by atoms with van der Waals surface area (Å²) in [5.41, 5.74) is 2.64. The van der Waals surface area contributed by atoms with Gasteiger partial charge in [-0.25, -0.2) is 0 Å². The minimum Gasteiger partial charge on any atom is -0.345 e. The van der Waals surface area contributed by atoms with Gasteiger partial charge >= 0.3 is 0 Å². The number of thiophene rings is 1. The monoisotopic (exact) mass is 384 g/mol. The van der Waals surface area contributed by atoms with Crippen LogP contribution in [0.25, 0.3) is 0 Å². The lowest BCUT2D eigenvalue weighted by Crippen LogP contribution is -2.28. The van der Waals surface area contributed by atoms with Crippen LogP contribution in [-0.4, -0.2) is 30.8 Å². The van der Waals surface area contributed by atoms with E-state index in [0.717, 1.165) is 24.8 Å². The van der Waals surface area contributed by atoms with Crippen LogP contribution in [0, 0.1) is 11.3 Å². The maximum Gasteiger partial charge on any atom is 0.256 e. The molecule has 3 rings (SSSR count). The van der Waals surface area contributed by atoms with Gasteiger partial charge in [-0.1, -0.05) is 39.0 Å². The number of benzene rings is 1. The number of carbonyl (C=O) groups is 2. The second-order valence-corrected chi connectivity index (χ2v) is 9.64. The first kappa shape index (κ1) is 19.6. The van der Waals surface area contributed by atoms with Crippen LogP contribution in [0.4, 0.5) is 5.00 Å². The predicted octanol–water partition coefficient (Wildman–Crippen LogP) is 4.85. The van der Waals surface area contributed by atoms with Crippen molar-refractivity contribution in [3.8, 4) is 0 Å². The number of hydrogen-bond acceptors (Lipinski definition) is 3. The normalized spacial score (nSPS) is 16.6. The average molecular weight is 385 g/mol. The van der Waals surface area contributed by atoms with Gasteiger partial charge < -0.3 is 10.2 Å². The minimum absolute atomic E-state index is 0.0370. The number of nitrogens with one attached hydrogen (secondary N) is 1. The Labute approximate surface area is 165 Å². The lowest BCUT2D eigenvalue weighted by atomic mass is 9.72. The van der Waals surface area contributed by atoms with E-state index in [9.17, 15) is 9.59 Å². The highest BCUT2D eigenvalue weighted by atomic mass is 32.1. The van der Waals surface area contributed by atoms with Crippen LogP contribution in [0.1, 0.15) is 58.3 Å². The molecule has 1 atom stereocenters. The molecular weight excluding hydrogens is 356 g/mol. The van der Waals surface area contributed by atoms with Crippen LogP contribution in [0.5, 0.6) is 0 Å². The lowest BCUT2D eigenvalue weighted by molar-refractivity contribution is 0.0827. The van der Waals surface area contributed by atoms with E-state index in [0.29, 0.717) is 22.0 Å². The second kappa shape index (κ2) is 7.47. The van der Waals surface area contributed by atoms with Crippen molar-refractivity contribution < 1.29 is 9.59 Å². The Kier molecular flexibility index (Phi) is 5.43. The molecule has 5 heteroatoms. The van der Waals surface area contributed by atoms with E-state index in [1.807, 2.05) is 18.2 Å². The van der Waals surface area contributed by atoms with Crippen LogP contribution >= 0.6 is 11.3 Å². The van der Waals surface area contributed by atoms with Crippen LogP contribution in [0.2, 0.25) is 0 Å². The van der Waals surface area contributed by atoms with E-state index in [4.69, 9.17) is 0 Å². The van der Waals surface area contributed by atoms with Crippen molar-refractivity contribution >= 4 is 28.2 Å². The molecule has 0 radical (unpaired) electrons. The predicted molar refractivity (Wildman–Crippen MR) is 112 cm³/mol. The fraction of sp³-hybridized carbons (Fsp3) is 0.455. The fourth-order valence-corrected chi connectivity index (χ4v) is 4.94. The summed E-state index contributed by atoms with van der Waals surface area (Å²) < 4.78 is 0. The molecule has 0 aliphatic heterocycles. The van der Waals surface area contributed by atoms with Gasteiger partial charge in [-0.05, 0) is 48.3 Å². The molecule has 27 heavy (non-hydrogen) atoms. The number of rotatable bonds is 3. The van der Waals surface area contributed by atoms with E-state index in [-0.39, 0.29) is 17.2 Å². The standard InChI is InChI=1S/C22H28N2O2S/c1-22(2,3)15-11-12-16-17(13-15)27-20(18(16)21(26)24(4)5)23-19(25)14-9-7-6-8-10-14/h6-10,15H,11-13H2,1-5H3,(H,23,25). The van der Waals surface area contributed by atoms with E-state index in [1.165, 1.54) is 4.88 Å². The van der Waals surface area contributed by atoms with Crippen molar-refractivity contribution in [2.45, 2.75) is 40.0 Å². The molecule has 2 aromatic rings. The number of fused-ring (bicyclic) bond motifs is 1. The molecule has 0 saturated heterocycles. The average Bonchev–Trinajstić information content (AvgIpc) is 2.97. The van der Waals surface area contributed by atoms with Crippen molar-refractivity contribution in [3.63, 3.8) is 0 Å². The van der Waals surface area contributed by atoms with Crippen molar-refractivity contribution in [2.75, 3.05) is 19.4 Å². The Bertz CT molecular complexity index is 847. The van der Waals surface area contributed by atoms with Crippen LogP contribution < -0.4 is 5.32 Å². The molecule has 2 amide bonds. The van der Waals surface area contributed by atoms with Gasteiger partial charge in [0.15, 0.2) is 0 Å². The summed E-state index contributed by atoms with van der Waals surface area (Å²) in [6.45, 7) is 6.83. The van der Waals surface area contributed by atoms with E-state index >= 15 is 0 Å². The van der Waals surface area contributed by atoms with Crippen molar-refractivity contribution in [2.24, 2.45) is 11.3 Å². The molecule has 1 N–H and O–H groups in total. The third kappa shape index (κ3) is 4.08. The van der Waals surface area contributed by atoms with Gasteiger partial charge in [-0.2, -0.15) is 0 Å². The Morgan fingerprint density at radius 3 is 2.41 bits per heavy atom. The van der Waals surface area contributed by atoms with E-state index in [1.54, 1.807) is 42.5 Å². The third-order valence-electron chi connectivity index (χ3n) is 5.37. The summed E-state index contributed by atoms with van der Waals surface area (Å²) in [6.07, 6.45) is 2.94. The Balaban J connectivity index is 1.97. The molecule has 0 spiro atoms. The molecule has 1 aromatic carbocycles. The van der Waals surface area contributed by atoms with Gasteiger partial charge in [0.25, 0.3) is 11.8 Å². The quantitative estimate of drug-likeness (QED) is 0.822. The second-order valence-electron chi connectivity index (χ2n) is 8.53. The molecular formula is C22H28N2O2S. The van der Waals surface area contributed by atoms with Gasteiger partial charge in [0.2, 0.25) is 0 Å². The highest BCUT2D eigenvalue weighted by molar-refractivity contribution is 7.17. The molecule has 0 bridgehead atoms. The van der Waals surface area contributed by atoms with Crippen LogP contribution in [-0.2, 0) is 12.8 Å². The number of nitrogens with zero attached hydrogens (tertiary/aromatic N) is 1. The van der Waals surface area contributed by atoms with Gasteiger partial charge in [-0.15, -0.1) is 11.3 Å². The Hall–Kier alpha value is -2.14. The fourth-order valence-electron chi connectivity index (χ4n) is 3.63. The summed E-state index contributed by atoms with van der Waals surface area (Å²) in [7, 11) is 3.52. The number of hydrogen-bond donors (Lipinski definition) is 1. The van der Waals surface area contributed by atoms with Gasteiger partial charge in [0, 0.05) is 24.5 Å². The zero-order valence-electron chi connectivity index (χ0n) is 16.8. The summed E-state index contributed by atoms with van der Waals surface area (Å²) in [5, 5.41) is 3.69. The van der Waals surface area contributed by atoms with E-state index in [2.05, 4.69) is 26.1 Å². The zero-order chi connectivity index (χ0) is 19.8. The van der Waals surface area contributed by atoms with E-state index < -0.39 is 0 Å². The summed E-state index contributed by atoms with van der Waals surface area (Å²) in [6, 6.07) is 9.13. The molecule has 0 fully saturated rings. The molecule has 144 valence electrons. The topological polar surface area (TPSA) is 49.4 Å². The molecule has 4 nitrogen and oxygen atoms in total. The maximum absolute atomic E-state index is 12.9. The summed E-state index contributed by atoms with van der Waals surface area (Å²) in [5.74, 6) is 0.378. The molecule has 1 aromatic heterocycles. The molecule has 1 heterocycles. The van der Waals surface area contributed by atoms with Crippen LogP contribution in [0.3, 0.4) is 0 Å². The first-order valence-corrected chi connectivity index (χ1v) is 10.2. The number of amides is 2. The Morgan fingerprint density at radius 2 is 1.81 bits per heavy atom. The third-order valence-corrected chi connectivity index (χ3v) is 6.54. The minimum atomic E-state index is -0.172. The molecule has 1 unspecified atom stereocenters. The lowest BCUT2D eigenvalue weighted by Gasteiger charge is -2.34. The first-order valence-electron chi connectivity index (χ1n) is 9.41. The van der Waals surface area contributed by atoms with Gasteiger partial charge in [0.05, 0.1) is 5.56 Å². The SMILES string of the molecule is CN(C)C(=O)c1c(NC(=O)c2ccccc2)sc2c1CCC(C(C)(C)C)C2. The van der Waals surface area contributed by atoms with Gasteiger partial charge in [0.1, 0.15) is 5.00 Å². The molecule has 1 aliphatic rings.